The number of alkyl halides is 3. The zero-order chi connectivity index (χ0) is 21.9. The molecule has 1 aliphatic rings. The van der Waals surface area contributed by atoms with Crippen LogP contribution >= 0.6 is 11.6 Å². The fourth-order valence-electron chi connectivity index (χ4n) is 3.78. The highest BCUT2D eigenvalue weighted by Crippen LogP contribution is 2.32. The lowest BCUT2D eigenvalue weighted by atomic mass is 9.85. The molecule has 30 heavy (non-hydrogen) atoms. The second-order valence-electron chi connectivity index (χ2n) is 7.85. The predicted octanol–water partition coefficient (Wildman–Crippen LogP) is 5.77. The molecule has 1 amide bonds. The van der Waals surface area contributed by atoms with E-state index < -0.39 is 17.6 Å². The number of amides is 1. The van der Waals surface area contributed by atoms with Gasteiger partial charge in [-0.15, -0.1) is 0 Å². The molecule has 1 aromatic carbocycles. The monoisotopic (exact) mass is 439 g/mol. The zero-order valence-electron chi connectivity index (χ0n) is 16.9. The quantitative estimate of drug-likeness (QED) is 0.621. The molecule has 4 nitrogen and oxygen atoms in total. The molecule has 2 aromatic rings. The van der Waals surface area contributed by atoms with Crippen LogP contribution in [-0.4, -0.2) is 23.5 Å². The van der Waals surface area contributed by atoms with Crippen LogP contribution in [0, 0.1) is 19.8 Å². The van der Waals surface area contributed by atoms with Gasteiger partial charge in [-0.05, 0) is 75.8 Å². The van der Waals surface area contributed by atoms with E-state index in [4.69, 9.17) is 11.6 Å². The molecule has 1 aliphatic carbocycles. The third-order valence-corrected chi connectivity index (χ3v) is 5.86. The van der Waals surface area contributed by atoms with Crippen LogP contribution < -0.4 is 10.6 Å². The number of halogens is 4. The van der Waals surface area contributed by atoms with Crippen molar-refractivity contribution in [3.8, 4) is 0 Å². The molecular weight excluding hydrogens is 415 g/mol. The fourth-order valence-corrected chi connectivity index (χ4v) is 3.98. The van der Waals surface area contributed by atoms with Gasteiger partial charge in [0.1, 0.15) is 0 Å². The molecule has 0 bridgehead atoms. The summed E-state index contributed by atoms with van der Waals surface area (Å²) in [6.45, 7) is 4.76. The van der Waals surface area contributed by atoms with E-state index in [0.717, 1.165) is 67.5 Å². The lowest BCUT2D eigenvalue weighted by Crippen LogP contribution is -2.38. The summed E-state index contributed by atoms with van der Waals surface area (Å²) in [4.78, 5) is 16.9. The molecule has 0 spiro atoms. The smallest absolute Gasteiger partial charge is 0.383 e. The standard InChI is InChI=1S/C22H25ClF3N3O/c1-13-3-10-20(14(2)28-13)27-12-15-4-7-17(8-5-15)29-21(30)18-11-16(22(24,25)26)6-9-19(18)23/h3,6,9-11,15,17,27H,4-5,7-8,12H2,1-2H3,(H,29,30)/t15-,17-. The molecule has 162 valence electrons. The van der Waals surface area contributed by atoms with Crippen LogP contribution in [0.3, 0.4) is 0 Å². The van der Waals surface area contributed by atoms with Gasteiger partial charge in [0.15, 0.2) is 0 Å². The van der Waals surface area contributed by atoms with Gasteiger partial charge in [0.05, 0.1) is 27.5 Å². The van der Waals surface area contributed by atoms with Crippen molar-refractivity contribution >= 4 is 23.2 Å². The van der Waals surface area contributed by atoms with Crippen molar-refractivity contribution in [1.29, 1.82) is 0 Å². The Labute approximate surface area is 179 Å². The van der Waals surface area contributed by atoms with Crippen LogP contribution in [0.4, 0.5) is 18.9 Å². The van der Waals surface area contributed by atoms with Crippen molar-refractivity contribution in [3.63, 3.8) is 0 Å². The van der Waals surface area contributed by atoms with Crippen LogP contribution in [0.25, 0.3) is 0 Å². The molecule has 0 aliphatic heterocycles. The lowest BCUT2D eigenvalue weighted by molar-refractivity contribution is -0.137. The van der Waals surface area contributed by atoms with Crippen molar-refractivity contribution in [2.45, 2.75) is 51.7 Å². The van der Waals surface area contributed by atoms with E-state index in [1.807, 2.05) is 26.0 Å². The van der Waals surface area contributed by atoms with E-state index in [1.165, 1.54) is 0 Å². The Hall–Kier alpha value is -2.28. The number of carbonyl (C=O) groups excluding carboxylic acids is 1. The summed E-state index contributed by atoms with van der Waals surface area (Å²) in [5.74, 6) is -0.0926. The molecule has 1 aromatic heterocycles. The first kappa shape index (κ1) is 22.4. The third kappa shape index (κ3) is 5.65. The number of aryl methyl sites for hydroxylation is 2. The van der Waals surface area contributed by atoms with Gasteiger partial charge in [0.2, 0.25) is 0 Å². The van der Waals surface area contributed by atoms with Gasteiger partial charge in [0.25, 0.3) is 5.91 Å². The maximum atomic E-state index is 12.9. The maximum Gasteiger partial charge on any atom is 0.416 e. The number of benzene rings is 1. The zero-order valence-corrected chi connectivity index (χ0v) is 17.7. The van der Waals surface area contributed by atoms with Gasteiger partial charge >= 0.3 is 6.18 Å². The number of hydrogen-bond donors (Lipinski definition) is 2. The van der Waals surface area contributed by atoms with Gasteiger partial charge in [-0.25, -0.2) is 0 Å². The highest BCUT2D eigenvalue weighted by Gasteiger charge is 2.32. The second-order valence-corrected chi connectivity index (χ2v) is 8.26. The highest BCUT2D eigenvalue weighted by atomic mass is 35.5. The average Bonchev–Trinajstić information content (AvgIpc) is 2.68. The van der Waals surface area contributed by atoms with Crippen LogP contribution in [-0.2, 0) is 6.18 Å². The van der Waals surface area contributed by atoms with E-state index >= 15 is 0 Å². The summed E-state index contributed by atoms with van der Waals surface area (Å²) >= 11 is 5.96. The van der Waals surface area contributed by atoms with Crippen molar-refractivity contribution in [3.05, 3.63) is 57.9 Å². The molecule has 0 atom stereocenters. The minimum atomic E-state index is -4.52. The number of anilines is 1. The minimum Gasteiger partial charge on any atom is -0.383 e. The topological polar surface area (TPSA) is 54.0 Å². The largest absolute Gasteiger partial charge is 0.416 e. The molecule has 1 heterocycles. The number of pyridine rings is 1. The molecule has 1 fully saturated rings. The van der Waals surface area contributed by atoms with Crippen LogP contribution in [0.15, 0.2) is 30.3 Å². The van der Waals surface area contributed by atoms with Gasteiger partial charge in [-0.1, -0.05) is 11.6 Å². The van der Waals surface area contributed by atoms with E-state index in [9.17, 15) is 18.0 Å². The number of nitrogens with one attached hydrogen (secondary N) is 2. The van der Waals surface area contributed by atoms with Crippen LogP contribution in [0.2, 0.25) is 5.02 Å². The SMILES string of the molecule is Cc1ccc(NC[C@H]2CC[C@H](NC(=O)c3cc(C(F)(F)F)ccc3Cl)CC2)c(C)n1. The average molecular weight is 440 g/mol. The Morgan fingerprint density at radius 3 is 2.47 bits per heavy atom. The molecule has 1 saturated carbocycles. The predicted molar refractivity (Wildman–Crippen MR) is 112 cm³/mol. The van der Waals surface area contributed by atoms with Gasteiger partial charge in [-0.3, -0.25) is 9.78 Å². The summed E-state index contributed by atoms with van der Waals surface area (Å²) in [5.41, 5.74) is 1.95. The van der Waals surface area contributed by atoms with E-state index in [1.54, 1.807) is 0 Å². The summed E-state index contributed by atoms with van der Waals surface area (Å²) in [6, 6.07) is 6.74. The van der Waals surface area contributed by atoms with Gasteiger partial charge in [-0.2, -0.15) is 13.2 Å². The highest BCUT2D eigenvalue weighted by molar-refractivity contribution is 6.33. The third-order valence-electron chi connectivity index (χ3n) is 5.53. The van der Waals surface area contributed by atoms with Crippen molar-refractivity contribution in [2.24, 2.45) is 5.92 Å². The minimum absolute atomic E-state index is 0.0143. The van der Waals surface area contributed by atoms with Crippen molar-refractivity contribution in [1.82, 2.24) is 10.3 Å². The number of hydrogen-bond acceptors (Lipinski definition) is 3. The van der Waals surface area contributed by atoms with Crippen molar-refractivity contribution < 1.29 is 18.0 Å². The summed E-state index contributed by atoms with van der Waals surface area (Å²) in [5, 5.41) is 6.30. The molecule has 3 rings (SSSR count). The number of carbonyl (C=O) groups is 1. The summed E-state index contributed by atoms with van der Waals surface area (Å²) < 4.78 is 38.8. The molecule has 0 saturated heterocycles. The van der Waals surface area contributed by atoms with E-state index in [-0.39, 0.29) is 16.6 Å². The molecular formula is C22H25ClF3N3O. The van der Waals surface area contributed by atoms with Crippen LogP contribution in [0.1, 0.15) is 53.0 Å². The Morgan fingerprint density at radius 1 is 1.13 bits per heavy atom. The number of nitrogens with zero attached hydrogens (tertiary/aromatic N) is 1. The summed E-state index contributed by atoms with van der Waals surface area (Å²) in [6.07, 6.45) is -1.12. The fraction of sp³-hybridized carbons (Fsp3) is 0.455. The Bertz CT molecular complexity index is 909. The normalized spacial score (nSPS) is 19.4. The number of aromatic nitrogens is 1. The summed E-state index contributed by atoms with van der Waals surface area (Å²) in [7, 11) is 0. The Balaban J connectivity index is 1.51. The number of rotatable bonds is 5. The van der Waals surface area contributed by atoms with Gasteiger partial charge in [0, 0.05) is 18.3 Å². The maximum absolute atomic E-state index is 12.9. The molecule has 2 N–H and O–H groups in total. The van der Waals surface area contributed by atoms with Crippen LogP contribution in [0.5, 0.6) is 0 Å². The molecule has 0 radical (unpaired) electrons. The lowest BCUT2D eigenvalue weighted by Gasteiger charge is -2.29. The Morgan fingerprint density at radius 2 is 1.83 bits per heavy atom. The molecule has 0 unspecified atom stereocenters. The second kappa shape index (κ2) is 9.25. The molecule has 8 heteroatoms. The Kier molecular flexibility index (Phi) is 6.91. The van der Waals surface area contributed by atoms with Crippen molar-refractivity contribution in [2.75, 3.05) is 11.9 Å². The first-order valence-electron chi connectivity index (χ1n) is 9.99. The van der Waals surface area contributed by atoms with Gasteiger partial charge < -0.3 is 10.6 Å². The first-order chi connectivity index (χ1) is 14.1. The van der Waals surface area contributed by atoms with E-state index in [0.29, 0.717) is 5.92 Å². The van der Waals surface area contributed by atoms with E-state index in [2.05, 4.69) is 15.6 Å². The first-order valence-corrected chi connectivity index (χ1v) is 10.4.